The summed E-state index contributed by atoms with van der Waals surface area (Å²) in [4.78, 5) is 25.5. The highest BCUT2D eigenvalue weighted by Gasteiger charge is 2.32. The summed E-state index contributed by atoms with van der Waals surface area (Å²) in [5, 5.41) is 10.8. The van der Waals surface area contributed by atoms with Crippen LogP contribution in [0.4, 0.5) is 4.79 Å². The highest BCUT2D eigenvalue weighted by atomic mass is 16.6. The molecule has 0 unspecified atom stereocenters. The first-order chi connectivity index (χ1) is 14.8. The highest BCUT2D eigenvalue weighted by molar-refractivity contribution is 5.94. The molecule has 1 heterocycles. The number of para-hydroxylation sites is 1. The lowest BCUT2D eigenvalue weighted by Crippen LogP contribution is -2.54. The first-order valence-electron chi connectivity index (χ1n) is 11.3. The van der Waals surface area contributed by atoms with Crippen molar-refractivity contribution in [3.05, 3.63) is 47.3 Å². The van der Waals surface area contributed by atoms with Gasteiger partial charge in [0.2, 0.25) is 0 Å². The zero-order valence-electron chi connectivity index (χ0n) is 18.6. The lowest BCUT2D eigenvalue weighted by Gasteiger charge is -2.33. The number of nitrogens with zero attached hydrogens (tertiary/aromatic N) is 2. The summed E-state index contributed by atoms with van der Waals surface area (Å²) in [7, 11) is 0. The van der Waals surface area contributed by atoms with Crippen molar-refractivity contribution >= 4 is 12.0 Å². The van der Waals surface area contributed by atoms with Crippen molar-refractivity contribution in [1.82, 2.24) is 20.4 Å². The Kier molecular flexibility index (Phi) is 6.03. The van der Waals surface area contributed by atoms with Crippen molar-refractivity contribution in [2.24, 2.45) is 0 Å². The van der Waals surface area contributed by atoms with Crippen LogP contribution in [0.5, 0.6) is 0 Å². The number of fused-ring (bicyclic) bond motifs is 1. The van der Waals surface area contributed by atoms with E-state index < -0.39 is 11.7 Å². The summed E-state index contributed by atoms with van der Waals surface area (Å²) in [6.45, 7) is 5.53. The minimum atomic E-state index is -0.553. The number of benzene rings is 1. The van der Waals surface area contributed by atoms with Crippen LogP contribution < -0.4 is 10.6 Å². The first kappa shape index (κ1) is 21.4. The van der Waals surface area contributed by atoms with Gasteiger partial charge < -0.3 is 15.4 Å². The number of nitrogens with one attached hydrogen (secondary N) is 2. The van der Waals surface area contributed by atoms with E-state index in [1.165, 1.54) is 0 Å². The van der Waals surface area contributed by atoms with Crippen molar-refractivity contribution in [2.75, 3.05) is 0 Å². The van der Waals surface area contributed by atoms with E-state index in [9.17, 15) is 9.59 Å². The largest absolute Gasteiger partial charge is 0.444 e. The number of hydrogen-bond donors (Lipinski definition) is 2. The van der Waals surface area contributed by atoms with Crippen LogP contribution in [0.15, 0.2) is 30.3 Å². The van der Waals surface area contributed by atoms with E-state index in [1.807, 2.05) is 55.8 Å². The second-order valence-corrected chi connectivity index (χ2v) is 9.49. The van der Waals surface area contributed by atoms with E-state index >= 15 is 0 Å². The lowest BCUT2D eigenvalue weighted by molar-refractivity contribution is 0.0474. The Morgan fingerprint density at radius 2 is 1.68 bits per heavy atom. The molecule has 7 nitrogen and oxygen atoms in total. The average molecular weight is 425 g/mol. The molecular formula is C24H32N4O3. The number of alkyl carbamates (subject to hydrolysis) is 1. The van der Waals surface area contributed by atoms with Gasteiger partial charge >= 0.3 is 6.09 Å². The van der Waals surface area contributed by atoms with Crippen molar-refractivity contribution in [3.8, 4) is 5.69 Å². The van der Waals surface area contributed by atoms with Crippen molar-refractivity contribution in [1.29, 1.82) is 0 Å². The summed E-state index contributed by atoms with van der Waals surface area (Å²) in [5.74, 6) is -0.157. The van der Waals surface area contributed by atoms with Crippen LogP contribution in [-0.2, 0) is 17.6 Å². The van der Waals surface area contributed by atoms with Gasteiger partial charge in [0.1, 0.15) is 5.60 Å². The monoisotopic (exact) mass is 424 g/mol. The standard InChI is InChI=1S/C24H32N4O3/c1-24(2,3)31-23(30)26-19-14-8-7-13-18(19)25-22(29)21-17-12-9-15-20(17)28(27-21)16-10-5-4-6-11-16/h4-6,10-11,18-19H,7-9,12-15H2,1-3H3,(H,25,29)(H,26,30)/t18-,19-/m0/s1. The molecule has 4 rings (SSSR count). The topological polar surface area (TPSA) is 85.2 Å². The van der Waals surface area contributed by atoms with E-state index in [0.717, 1.165) is 61.9 Å². The van der Waals surface area contributed by atoms with Crippen LogP contribution in [0.1, 0.15) is 74.6 Å². The fraction of sp³-hybridized carbons (Fsp3) is 0.542. The van der Waals surface area contributed by atoms with Crippen LogP contribution in [-0.4, -0.2) is 39.5 Å². The SMILES string of the molecule is CC(C)(C)OC(=O)N[C@H]1CCCC[C@@H]1NC(=O)c1nn(-c2ccccc2)c2c1CCC2. The molecule has 2 aliphatic rings. The maximum Gasteiger partial charge on any atom is 0.407 e. The molecule has 2 amide bonds. The molecule has 0 bridgehead atoms. The Morgan fingerprint density at radius 3 is 2.35 bits per heavy atom. The smallest absolute Gasteiger partial charge is 0.407 e. The molecule has 1 aromatic heterocycles. The second kappa shape index (κ2) is 8.73. The third kappa shape index (κ3) is 4.92. The minimum Gasteiger partial charge on any atom is -0.444 e. The molecule has 0 aliphatic heterocycles. The molecule has 2 aliphatic carbocycles. The number of aromatic nitrogens is 2. The zero-order chi connectivity index (χ0) is 22.0. The molecule has 0 spiro atoms. The summed E-state index contributed by atoms with van der Waals surface area (Å²) in [6.07, 6.45) is 6.08. The summed E-state index contributed by atoms with van der Waals surface area (Å²) < 4.78 is 7.32. The van der Waals surface area contributed by atoms with Gasteiger partial charge in [0, 0.05) is 17.3 Å². The Balaban J connectivity index is 1.50. The van der Waals surface area contributed by atoms with E-state index in [1.54, 1.807) is 0 Å². The third-order valence-corrected chi connectivity index (χ3v) is 5.93. The van der Waals surface area contributed by atoms with Crippen molar-refractivity contribution in [2.45, 2.75) is 83.4 Å². The fourth-order valence-electron chi connectivity index (χ4n) is 4.57. The molecule has 1 aromatic carbocycles. The van der Waals surface area contributed by atoms with E-state index in [0.29, 0.717) is 5.69 Å². The van der Waals surface area contributed by atoms with E-state index in [4.69, 9.17) is 9.84 Å². The molecule has 7 heteroatoms. The minimum absolute atomic E-state index is 0.132. The summed E-state index contributed by atoms with van der Waals surface area (Å²) in [5.41, 5.74) is 3.11. The number of amides is 2. The number of rotatable bonds is 4. The molecule has 2 atom stereocenters. The molecule has 2 N–H and O–H groups in total. The van der Waals surface area contributed by atoms with Crippen LogP contribution in [0, 0.1) is 0 Å². The first-order valence-corrected chi connectivity index (χ1v) is 11.3. The van der Waals surface area contributed by atoms with Crippen LogP contribution >= 0.6 is 0 Å². The second-order valence-electron chi connectivity index (χ2n) is 9.49. The normalized spacial score (nSPS) is 20.7. The molecule has 0 saturated heterocycles. The average Bonchev–Trinajstić information content (AvgIpc) is 3.31. The van der Waals surface area contributed by atoms with Gasteiger partial charge in [-0.05, 0) is 65.0 Å². The zero-order valence-corrected chi connectivity index (χ0v) is 18.6. The number of carbonyl (C=O) groups excluding carboxylic acids is 2. The number of hydrogen-bond acceptors (Lipinski definition) is 4. The predicted octanol–water partition coefficient (Wildman–Crippen LogP) is 3.93. The fourth-order valence-corrected chi connectivity index (χ4v) is 4.57. The van der Waals surface area contributed by atoms with Gasteiger partial charge in [0.15, 0.2) is 5.69 Å². The van der Waals surface area contributed by atoms with Crippen LogP contribution in [0.25, 0.3) is 5.69 Å². The van der Waals surface area contributed by atoms with Gasteiger partial charge in [-0.3, -0.25) is 4.79 Å². The van der Waals surface area contributed by atoms with E-state index in [2.05, 4.69) is 10.6 Å². The van der Waals surface area contributed by atoms with Gasteiger partial charge in [-0.25, -0.2) is 9.48 Å². The van der Waals surface area contributed by atoms with Crippen molar-refractivity contribution in [3.63, 3.8) is 0 Å². The molecule has 2 aromatic rings. The number of ether oxygens (including phenoxy) is 1. The van der Waals surface area contributed by atoms with Gasteiger partial charge in [-0.1, -0.05) is 31.0 Å². The van der Waals surface area contributed by atoms with E-state index in [-0.39, 0.29) is 18.0 Å². The summed E-state index contributed by atoms with van der Waals surface area (Å²) in [6, 6.07) is 9.68. The van der Waals surface area contributed by atoms with Gasteiger partial charge in [0.05, 0.1) is 11.7 Å². The van der Waals surface area contributed by atoms with Crippen LogP contribution in [0.2, 0.25) is 0 Å². The molecular weight excluding hydrogens is 392 g/mol. The van der Waals surface area contributed by atoms with Gasteiger partial charge in [-0.2, -0.15) is 5.10 Å². The third-order valence-electron chi connectivity index (χ3n) is 5.93. The van der Waals surface area contributed by atoms with Gasteiger partial charge in [0.25, 0.3) is 5.91 Å². The van der Waals surface area contributed by atoms with Crippen molar-refractivity contribution < 1.29 is 14.3 Å². The molecule has 1 saturated carbocycles. The molecule has 0 radical (unpaired) electrons. The Labute approximate surface area is 183 Å². The Morgan fingerprint density at radius 1 is 1.00 bits per heavy atom. The lowest BCUT2D eigenvalue weighted by atomic mass is 9.90. The quantitative estimate of drug-likeness (QED) is 0.779. The Bertz CT molecular complexity index is 946. The maximum absolute atomic E-state index is 13.2. The Hall–Kier alpha value is -2.83. The molecule has 166 valence electrons. The predicted molar refractivity (Wildman–Crippen MR) is 118 cm³/mol. The van der Waals surface area contributed by atoms with Crippen LogP contribution in [0.3, 0.4) is 0 Å². The number of carbonyl (C=O) groups is 2. The molecule has 31 heavy (non-hydrogen) atoms. The molecule has 1 fully saturated rings. The summed E-state index contributed by atoms with van der Waals surface area (Å²) >= 11 is 0. The van der Waals surface area contributed by atoms with Gasteiger partial charge in [-0.15, -0.1) is 0 Å². The maximum atomic E-state index is 13.2. The highest BCUT2D eigenvalue weighted by Crippen LogP contribution is 2.28.